The molecule has 2 unspecified atom stereocenters. The van der Waals surface area contributed by atoms with Crippen LogP contribution in [0.15, 0.2) is 0 Å². The quantitative estimate of drug-likeness (QED) is 0.809. The highest BCUT2D eigenvalue weighted by molar-refractivity contribution is 5.82. The molecule has 0 aliphatic carbocycles. The van der Waals surface area contributed by atoms with Gasteiger partial charge in [-0.15, -0.1) is 0 Å². The molecule has 1 aliphatic rings. The first-order chi connectivity index (χ1) is 8.45. The number of carboxylic acids is 1. The number of hydrogen-bond acceptors (Lipinski definition) is 2. The average molecular weight is 256 g/mol. The first kappa shape index (κ1) is 14.8. The molecule has 1 aliphatic heterocycles. The van der Waals surface area contributed by atoms with E-state index in [-0.39, 0.29) is 12.1 Å². The highest BCUT2D eigenvalue weighted by Gasteiger charge is 2.29. The van der Waals surface area contributed by atoms with E-state index in [1.807, 2.05) is 13.8 Å². The zero-order chi connectivity index (χ0) is 13.7. The molecule has 18 heavy (non-hydrogen) atoms. The van der Waals surface area contributed by atoms with E-state index in [4.69, 9.17) is 5.11 Å². The molecule has 1 fully saturated rings. The van der Waals surface area contributed by atoms with Crippen molar-refractivity contribution in [2.75, 3.05) is 6.54 Å². The minimum Gasteiger partial charge on any atom is -0.480 e. The summed E-state index contributed by atoms with van der Waals surface area (Å²) in [5.41, 5.74) is 0. The molecular weight excluding hydrogens is 232 g/mol. The monoisotopic (exact) mass is 256 g/mol. The minimum atomic E-state index is -0.956. The third-order valence-electron chi connectivity index (χ3n) is 3.55. The van der Waals surface area contributed by atoms with Gasteiger partial charge >= 0.3 is 12.0 Å². The molecule has 0 aromatic heterocycles. The summed E-state index contributed by atoms with van der Waals surface area (Å²) in [5, 5.41) is 11.7. The Bertz CT molecular complexity index is 307. The van der Waals surface area contributed by atoms with Crippen molar-refractivity contribution in [2.45, 2.75) is 58.5 Å². The summed E-state index contributed by atoms with van der Waals surface area (Å²) in [5.74, 6) is -0.468. The van der Waals surface area contributed by atoms with Gasteiger partial charge in [0.2, 0.25) is 0 Å². The van der Waals surface area contributed by atoms with Crippen molar-refractivity contribution in [3.05, 3.63) is 0 Å². The molecule has 1 saturated heterocycles. The molecule has 0 aromatic rings. The van der Waals surface area contributed by atoms with Crippen LogP contribution in [0.1, 0.15) is 46.5 Å². The largest absolute Gasteiger partial charge is 0.480 e. The SMILES string of the molecule is CCC[C@@H](NC(=O)N1CC(C)CCC1C)C(=O)O. The molecule has 5 heteroatoms. The summed E-state index contributed by atoms with van der Waals surface area (Å²) in [6, 6.07) is -0.820. The molecule has 0 saturated carbocycles. The van der Waals surface area contributed by atoms with E-state index in [2.05, 4.69) is 12.2 Å². The average Bonchev–Trinajstić information content (AvgIpc) is 2.31. The van der Waals surface area contributed by atoms with Gasteiger partial charge in [-0.25, -0.2) is 9.59 Å². The van der Waals surface area contributed by atoms with Crippen LogP contribution in [0, 0.1) is 5.92 Å². The number of rotatable bonds is 4. The summed E-state index contributed by atoms with van der Waals surface area (Å²) >= 11 is 0. The topological polar surface area (TPSA) is 69.6 Å². The summed E-state index contributed by atoms with van der Waals surface area (Å²) in [4.78, 5) is 24.9. The van der Waals surface area contributed by atoms with Crippen LogP contribution in [0.4, 0.5) is 4.79 Å². The molecule has 1 heterocycles. The third kappa shape index (κ3) is 3.89. The lowest BCUT2D eigenvalue weighted by Gasteiger charge is -2.37. The molecule has 1 rings (SSSR count). The number of nitrogens with zero attached hydrogens (tertiary/aromatic N) is 1. The van der Waals surface area contributed by atoms with Gasteiger partial charge in [0.05, 0.1) is 0 Å². The number of piperidine rings is 1. The first-order valence-electron chi connectivity index (χ1n) is 6.75. The van der Waals surface area contributed by atoms with Crippen LogP contribution >= 0.6 is 0 Å². The van der Waals surface area contributed by atoms with Gasteiger partial charge in [-0.2, -0.15) is 0 Å². The van der Waals surface area contributed by atoms with Crippen molar-refractivity contribution < 1.29 is 14.7 Å². The first-order valence-corrected chi connectivity index (χ1v) is 6.75. The van der Waals surface area contributed by atoms with E-state index < -0.39 is 12.0 Å². The number of carbonyl (C=O) groups excluding carboxylic acids is 1. The molecule has 3 atom stereocenters. The van der Waals surface area contributed by atoms with Gasteiger partial charge in [0.15, 0.2) is 0 Å². The number of aliphatic carboxylic acids is 1. The van der Waals surface area contributed by atoms with Crippen LogP contribution < -0.4 is 5.32 Å². The van der Waals surface area contributed by atoms with Gasteiger partial charge in [0.1, 0.15) is 6.04 Å². The zero-order valence-electron chi connectivity index (χ0n) is 11.5. The Hall–Kier alpha value is -1.26. The van der Waals surface area contributed by atoms with E-state index in [9.17, 15) is 9.59 Å². The molecule has 0 spiro atoms. The van der Waals surface area contributed by atoms with E-state index in [1.165, 1.54) is 0 Å². The number of likely N-dealkylation sites (tertiary alicyclic amines) is 1. The fraction of sp³-hybridized carbons (Fsp3) is 0.846. The van der Waals surface area contributed by atoms with Gasteiger partial charge in [-0.1, -0.05) is 20.3 Å². The zero-order valence-corrected chi connectivity index (χ0v) is 11.5. The molecule has 0 radical (unpaired) electrons. The van der Waals surface area contributed by atoms with Crippen LogP contribution in [0.25, 0.3) is 0 Å². The fourth-order valence-corrected chi connectivity index (χ4v) is 2.35. The molecule has 2 N–H and O–H groups in total. The normalized spacial score (nSPS) is 25.6. The van der Waals surface area contributed by atoms with Gasteiger partial charge in [-0.3, -0.25) is 0 Å². The van der Waals surface area contributed by atoms with Crippen molar-refractivity contribution in [1.82, 2.24) is 10.2 Å². The van der Waals surface area contributed by atoms with Gasteiger partial charge < -0.3 is 15.3 Å². The molecular formula is C13H24N2O3. The van der Waals surface area contributed by atoms with E-state index in [0.29, 0.717) is 18.9 Å². The van der Waals surface area contributed by atoms with E-state index in [1.54, 1.807) is 4.90 Å². The number of urea groups is 1. The predicted molar refractivity (Wildman–Crippen MR) is 69.4 cm³/mol. The molecule has 0 aromatic carbocycles. The summed E-state index contributed by atoms with van der Waals surface area (Å²) in [6.45, 7) is 6.76. The standard InChI is InChI=1S/C13H24N2O3/c1-4-5-11(12(16)17)14-13(18)15-8-9(2)6-7-10(15)3/h9-11H,4-8H2,1-3H3,(H,14,18)(H,16,17)/t9?,10?,11-/m1/s1. The number of carboxylic acid groups (broad SMARTS) is 1. The Morgan fingerprint density at radius 3 is 2.61 bits per heavy atom. The van der Waals surface area contributed by atoms with Crippen molar-refractivity contribution in [2.24, 2.45) is 5.92 Å². The fourth-order valence-electron chi connectivity index (χ4n) is 2.35. The van der Waals surface area contributed by atoms with Crippen LogP contribution in [0.2, 0.25) is 0 Å². The number of hydrogen-bond donors (Lipinski definition) is 2. The molecule has 5 nitrogen and oxygen atoms in total. The molecule has 0 bridgehead atoms. The number of carbonyl (C=O) groups is 2. The Kier molecular flexibility index (Phi) is 5.44. The van der Waals surface area contributed by atoms with Crippen LogP contribution in [0.5, 0.6) is 0 Å². The summed E-state index contributed by atoms with van der Waals surface area (Å²) < 4.78 is 0. The van der Waals surface area contributed by atoms with Gasteiger partial charge in [-0.05, 0) is 32.1 Å². The highest BCUT2D eigenvalue weighted by atomic mass is 16.4. The third-order valence-corrected chi connectivity index (χ3v) is 3.55. The lowest BCUT2D eigenvalue weighted by Crippen LogP contribution is -2.53. The summed E-state index contributed by atoms with van der Waals surface area (Å²) in [7, 11) is 0. The van der Waals surface area contributed by atoms with Crippen molar-refractivity contribution in [3.8, 4) is 0 Å². The lowest BCUT2D eigenvalue weighted by atomic mass is 9.95. The molecule has 104 valence electrons. The van der Waals surface area contributed by atoms with Gasteiger partial charge in [0, 0.05) is 12.6 Å². The Balaban J connectivity index is 2.59. The Morgan fingerprint density at radius 1 is 1.39 bits per heavy atom. The van der Waals surface area contributed by atoms with E-state index >= 15 is 0 Å². The van der Waals surface area contributed by atoms with Crippen LogP contribution in [-0.2, 0) is 4.79 Å². The number of nitrogens with one attached hydrogen (secondary N) is 1. The van der Waals surface area contributed by atoms with Crippen LogP contribution in [0.3, 0.4) is 0 Å². The van der Waals surface area contributed by atoms with Crippen molar-refractivity contribution in [3.63, 3.8) is 0 Å². The van der Waals surface area contributed by atoms with Gasteiger partial charge in [0.25, 0.3) is 0 Å². The van der Waals surface area contributed by atoms with Crippen molar-refractivity contribution >= 4 is 12.0 Å². The second kappa shape index (κ2) is 6.61. The smallest absolute Gasteiger partial charge is 0.326 e. The predicted octanol–water partition coefficient (Wildman–Crippen LogP) is 2.07. The second-order valence-corrected chi connectivity index (χ2v) is 5.31. The number of amides is 2. The van der Waals surface area contributed by atoms with Crippen molar-refractivity contribution in [1.29, 1.82) is 0 Å². The molecule has 2 amide bonds. The second-order valence-electron chi connectivity index (χ2n) is 5.31. The highest BCUT2D eigenvalue weighted by Crippen LogP contribution is 2.21. The minimum absolute atomic E-state index is 0.192. The van der Waals surface area contributed by atoms with Crippen LogP contribution in [-0.4, -0.2) is 40.6 Å². The maximum absolute atomic E-state index is 12.1. The maximum Gasteiger partial charge on any atom is 0.326 e. The Labute approximate surface area is 109 Å². The summed E-state index contributed by atoms with van der Waals surface area (Å²) in [6.07, 6.45) is 3.32. The van der Waals surface area contributed by atoms with E-state index in [0.717, 1.165) is 19.3 Å². The Morgan fingerprint density at radius 2 is 2.06 bits per heavy atom. The lowest BCUT2D eigenvalue weighted by molar-refractivity contribution is -0.139. The maximum atomic E-state index is 12.1.